The van der Waals surface area contributed by atoms with Gasteiger partial charge in [-0.25, -0.2) is 0 Å². The third-order valence-electron chi connectivity index (χ3n) is 3.63. The fourth-order valence-electron chi connectivity index (χ4n) is 2.13. The van der Waals surface area contributed by atoms with Crippen molar-refractivity contribution in [1.29, 1.82) is 0 Å². The van der Waals surface area contributed by atoms with Gasteiger partial charge >= 0.3 is 5.97 Å². The molecule has 0 spiro atoms. The highest BCUT2D eigenvalue weighted by Crippen LogP contribution is 2.50. The quantitative estimate of drug-likeness (QED) is 0.891. The van der Waals surface area contributed by atoms with Crippen LogP contribution in [-0.2, 0) is 4.79 Å². The van der Waals surface area contributed by atoms with E-state index in [1.165, 1.54) is 11.8 Å². The van der Waals surface area contributed by atoms with Gasteiger partial charge in [0.2, 0.25) is 0 Å². The molecule has 4 nitrogen and oxygen atoms in total. The summed E-state index contributed by atoms with van der Waals surface area (Å²) < 4.78 is 5.86. The van der Waals surface area contributed by atoms with Gasteiger partial charge in [-0.1, -0.05) is 18.7 Å². The van der Waals surface area contributed by atoms with E-state index < -0.39 is 11.9 Å². The number of thioether (sulfide) groups is 1. The molecule has 1 aliphatic rings. The molecule has 2 unspecified atom stereocenters. The van der Waals surface area contributed by atoms with E-state index in [0.29, 0.717) is 12.2 Å². The highest BCUT2D eigenvalue weighted by Gasteiger charge is 2.32. The number of aromatic hydroxyl groups is 1. The molecule has 0 bridgehead atoms. The van der Waals surface area contributed by atoms with Crippen molar-refractivity contribution in [2.75, 3.05) is 0 Å². The summed E-state index contributed by atoms with van der Waals surface area (Å²) in [6.45, 7) is 7.31. The second-order valence-electron chi connectivity index (χ2n) is 5.02. The number of carbonyl (C=O) groups is 1. The molecule has 2 atom stereocenters. The Morgan fingerprint density at radius 3 is 2.53 bits per heavy atom. The standard InChI is InChI=1S/C14H18O4S/c1-6(14(16)17)5-10-18-12-8(3)7(2)11(15)9(4)13(12)19-10/h6,10,15H,5H2,1-4H3,(H,16,17). The highest BCUT2D eigenvalue weighted by atomic mass is 32.2. The van der Waals surface area contributed by atoms with Gasteiger partial charge in [0.05, 0.1) is 10.8 Å². The van der Waals surface area contributed by atoms with Crippen LogP contribution in [0.3, 0.4) is 0 Å². The van der Waals surface area contributed by atoms with Gasteiger partial charge in [-0.05, 0) is 31.9 Å². The molecule has 104 valence electrons. The maximum atomic E-state index is 10.9. The van der Waals surface area contributed by atoms with E-state index >= 15 is 0 Å². The second kappa shape index (κ2) is 4.96. The van der Waals surface area contributed by atoms with Crippen LogP contribution in [0.1, 0.15) is 30.0 Å². The van der Waals surface area contributed by atoms with Crippen LogP contribution in [0.2, 0.25) is 0 Å². The molecule has 1 heterocycles. The molecule has 0 amide bonds. The van der Waals surface area contributed by atoms with E-state index in [4.69, 9.17) is 9.84 Å². The zero-order chi connectivity index (χ0) is 14.3. The Balaban J connectivity index is 2.28. The third-order valence-corrected chi connectivity index (χ3v) is 4.91. The van der Waals surface area contributed by atoms with Gasteiger partial charge < -0.3 is 14.9 Å². The first-order valence-corrected chi connectivity index (χ1v) is 7.09. The Morgan fingerprint density at radius 1 is 1.32 bits per heavy atom. The van der Waals surface area contributed by atoms with Crippen LogP contribution >= 0.6 is 11.8 Å². The van der Waals surface area contributed by atoms with Crippen molar-refractivity contribution in [3.8, 4) is 11.5 Å². The molecular weight excluding hydrogens is 264 g/mol. The van der Waals surface area contributed by atoms with Crippen LogP contribution in [0.4, 0.5) is 0 Å². The summed E-state index contributed by atoms with van der Waals surface area (Å²) in [5.41, 5.74) is 2.37. The number of phenols is 1. The first kappa shape index (κ1) is 14.1. The Bertz CT molecular complexity index is 502. The monoisotopic (exact) mass is 282 g/mol. The van der Waals surface area contributed by atoms with E-state index in [-0.39, 0.29) is 5.44 Å². The molecule has 0 saturated carbocycles. The highest BCUT2D eigenvalue weighted by molar-refractivity contribution is 8.00. The minimum Gasteiger partial charge on any atom is -0.507 e. The van der Waals surface area contributed by atoms with E-state index in [1.54, 1.807) is 6.92 Å². The average Bonchev–Trinajstić information content (AvgIpc) is 2.77. The minimum absolute atomic E-state index is 0.195. The molecule has 1 aliphatic heterocycles. The summed E-state index contributed by atoms with van der Waals surface area (Å²) in [5.74, 6) is -0.158. The number of ether oxygens (including phenoxy) is 1. The lowest BCUT2D eigenvalue weighted by atomic mass is 10.0. The van der Waals surface area contributed by atoms with Crippen molar-refractivity contribution in [2.45, 2.75) is 44.4 Å². The lowest BCUT2D eigenvalue weighted by Gasteiger charge is -2.13. The smallest absolute Gasteiger partial charge is 0.306 e. The van der Waals surface area contributed by atoms with Crippen LogP contribution in [0.15, 0.2) is 4.90 Å². The number of hydrogen-bond donors (Lipinski definition) is 2. The third kappa shape index (κ3) is 2.39. The first-order valence-electron chi connectivity index (χ1n) is 6.21. The summed E-state index contributed by atoms with van der Waals surface area (Å²) in [7, 11) is 0. The Kier molecular flexibility index (Phi) is 3.67. The molecular formula is C14H18O4S. The van der Waals surface area contributed by atoms with Crippen molar-refractivity contribution in [2.24, 2.45) is 5.92 Å². The van der Waals surface area contributed by atoms with Crippen molar-refractivity contribution < 1.29 is 19.7 Å². The molecule has 5 heteroatoms. The molecule has 2 rings (SSSR count). The van der Waals surface area contributed by atoms with Gasteiger partial charge in [-0.15, -0.1) is 0 Å². The fourth-order valence-corrected chi connectivity index (χ4v) is 3.51. The maximum Gasteiger partial charge on any atom is 0.306 e. The first-order chi connectivity index (χ1) is 8.82. The molecule has 0 radical (unpaired) electrons. The lowest BCUT2D eigenvalue weighted by Crippen LogP contribution is -2.18. The van der Waals surface area contributed by atoms with Crippen LogP contribution in [0, 0.1) is 26.7 Å². The number of carboxylic acid groups (broad SMARTS) is 1. The van der Waals surface area contributed by atoms with Crippen molar-refractivity contribution in [3.05, 3.63) is 16.7 Å². The summed E-state index contributed by atoms with van der Waals surface area (Å²) in [4.78, 5) is 11.8. The number of rotatable bonds is 3. The lowest BCUT2D eigenvalue weighted by molar-refractivity contribution is -0.141. The molecule has 19 heavy (non-hydrogen) atoms. The predicted octanol–water partition coefficient (Wildman–Crippen LogP) is 3.24. The molecule has 0 aliphatic carbocycles. The van der Waals surface area contributed by atoms with E-state index in [9.17, 15) is 9.90 Å². The topological polar surface area (TPSA) is 66.8 Å². The van der Waals surface area contributed by atoms with Crippen LogP contribution in [0.25, 0.3) is 0 Å². The zero-order valence-corrected chi connectivity index (χ0v) is 12.3. The fraction of sp³-hybridized carbons (Fsp3) is 0.500. The van der Waals surface area contributed by atoms with Crippen LogP contribution < -0.4 is 4.74 Å². The van der Waals surface area contributed by atoms with Gasteiger partial charge in [-0.2, -0.15) is 0 Å². The summed E-state index contributed by atoms with van der Waals surface area (Å²) in [5, 5.41) is 19.0. The predicted molar refractivity (Wildman–Crippen MR) is 74.0 cm³/mol. The summed E-state index contributed by atoms with van der Waals surface area (Å²) in [6, 6.07) is 0. The minimum atomic E-state index is -0.812. The van der Waals surface area contributed by atoms with E-state index in [2.05, 4.69) is 0 Å². The molecule has 2 N–H and O–H groups in total. The van der Waals surface area contributed by atoms with Gasteiger partial charge in [0.1, 0.15) is 16.9 Å². The number of phenolic OH excluding ortho intramolecular Hbond substituents is 1. The van der Waals surface area contributed by atoms with Crippen molar-refractivity contribution in [1.82, 2.24) is 0 Å². The second-order valence-corrected chi connectivity index (χ2v) is 6.19. The van der Waals surface area contributed by atoms with E-state index in [0.717, 1.165) is 27.3 Å². The number of carboxylic acids is 1. The zero-order valence-electron chi connectivity index (χ0n) is 11.5. The number of benzene rings is 1. The summed E-state index contributed by atoms with van der Waals surface area (Å²) >= 11 is 1.50. The molecule has 1 aromatic rings. The number of hydrogen-bond acceptors (Lipinski definition) is 4. The van der Waals surface area contributed by atoms with Gasteiger partial charge in [-0.3, -0.25) is 4.79 Å². The number of fused-ring (bicyclic) bond motifs is 1. The average molecular weight is 282 g/mol. The molecule has 1 aromatic carbocycles. The largest absolute Gasteiger partial charge is 0.507 e. The molecule has 0 fully saturated rings. The van der Waals surface area contributed by atoms with E-state index in [1.807, 2.05) is 20.8 Å². The van der Waals surface area contributed by atoms with Gasteiger partial charge in [0, 0.05) is 12.0 Å². The van der Waals surface area contributed by atoms with Gasteiger partial charge in [0.15, 0.2) is 0 Å². The molecule has 0 aromatic heterocycles. The Morgan fingerprint density at radius 2 is 1.95 bits per heavy atom. The van der Waals surface area contributed by atoms with Crippen molar-refractivity contribution >= 4 is 17.7 Å². The SMILES string of the molecule is Cc1c(C)c2c(c(C)c1O)SC(CC(C)C(=O)O)O2. The normalized spacial score (nSPS) is 18.8. The number of aliphatic carboxylic acids is 1. The van der Waals surface area contributed by atoms with Crippen molar-refractivity contribution in [3.63, 3.8) is 0 Å². The van der Waals surface area contributed by atoms with Crippen LogP contribution in [0.5, 0.6) is 11.5 Å². The van der Waals surface area contributed by atoms with Crippen LogP contribution in [-0.4, -0.2) is 21.6 Å². The van der Waals surface area contributed by atoms with Gasteiger partial charge in [0.25, 0.3) is 0 Å². The summed E-state index contributed by atoms with van der Waals surface area (Å²) in [6.07, 6.45) is 0.452. The molecule has 0 saturated heterocycles. The Labute approximate surface area is 116 Å². The maximum absolute atomic E-state index is 10.9. The Hall–Kier alpha value is -1.36.